The molecule has 1 aliphatic rings. The van der Waals surface area contributed by atoms with E-state index in [1.807, 2.05) is 11.8 Å². The molecule has 3 N–H and O–H groups in total. The van der Waals surface area contributed by atoms with Gasteiger partial charge in [-0.05, 0) is 25.1 Å². The van der Waals surface area contributed by atoms with Crippen molar-refractivity contribution in [2.24, 2.45) is 0 Å². The van der Waals surface area contributed by atoms with Crippen LogP contribution in [0.2, 0.25) is 5.02 Å². The molecule has 1 heterocycles. The summed E-state index contributed by atoms with van der Waals surface area (Å²) in [5.74, 6) is 2.31. The molecular formula is C14H20ClN3OS. The minimum absolute atomic E-state index is 0.0112. The molecule has 6 heteroatoms. The van der Waals surface area contributed by atoms with Crippen LogP contribution in [0, 0.1) is 0 Å². The van der Waals surface area contributed by atoms with E-state index in [0.29, 0.717) is 28.9 Å². The summed E-state index contributed by atoms with van der Waals surface area (Å²) < 4.78 is 0. The van der Waals surface area contributed by atoms with Gasteiger partial charge >= 0.3 is 0 Å². The highest BCUT2D eigenvalue weighted by Gasteiger charge is 2.18. The van der Waals surface area contributed by atoms with Gasteiger partial charge in [-0.3, -0.25) is 9.69 Å². The normalized spacial score (nSPS) is 19.8. The number of carbonyl (C=O) groups is 1. The van der Waals surface area contributed by atoms with Crippen LogP contribution in [0.3, 0.4) is 0 Å². The third-order valence-corrected chi connectivity index (χ3v) is 4.94. The molecule has 0 aliphatic carbocycles. The molecular weight excluding hydrogens is 294 g/mol. The number of halogens is 1. The van der Waals surface area contributed by atoms with Crippen molar-refractivity contribution in [1.29, 1.82) is 0 Å². The fourth-order valence-corrected chi connectivity index (χ4v) is 3.38. The first-order valence-electron chi connectivity index (χ1n) is 6.73. The van der Waals surface area contributed by atoms with Crippen molar-refractivity contribution in [2.45, 2.75) is 19.4 Å². The van der Waals surface area contributed by atoms with Gasteiger partial charge in [-0.1, -0.05) is 11.6 Å². The van der Waals surface area contributed by atoms with Crippen molar-refractivity contribution < 1.29 is 4.79 Å². The summed E-state index contributed by atoms with van der Waals surface area (Å²) in [7, 11) is 0. The van der Waals surface area contributed by atoms with Crippen molar-refractivity contribution in [3.63, 3.8) is 0 Å². The van der Waals surface area contributed by atoms with Crippen LogP contribution in [0.5, 0.6) is 0 Å². The van der Waals surface area contributed by atoms with Gasteiger partial charge in [0, 0.05) is 42.7 Å². The first-order valence-corrected chi connectivity index (χ1v) is 8.26. The number of amides is 1. The molecule has 0 aromatic heterocycles. The Labute approximate surface area is 129 Å². The maximum Gasteiger partial charge on any atom is 0.225 e. The van der Waals surface area contributed by atoms with Crippen LogP contribution in [0.25, 0.3) is 0 Å². The maximum absolute atomic E-state index is 11.9. The Kier molecular flexibility index (Phi) is 5.57. The number of anilines is 2. The van der Waals surface area contributed by atoms with Gasteiger partial charge < -0.3 is 11.1 Å². The van der Waals surface area contributed by atoms with Gasteiger partial charge in [0.15, 0.2) is 0 Å². The van der Waals surface area contributed by atoms with E-state index in [2.05, 4.69) is 17.1 Å². The Morgan fingerprint density at radius 1 is 1.60 bits per heavy atom. The molecule has 1 amide bonds. The highest BCUT2D eigenvalue weighted by Crippen LogP contribution is 2.22. The summed E-state index contributed by atoms with van der Waals surface area (Å²) in [5.41, 5.74) is 6.88. The molecule has 1 saturated heterocycles. The second kappa shape index (κ2) is 7.20. The van der Waals surface area contributed by atoms with E-state index < -0.39 is 0 Å². The number of rotatable bonds is 4. The van der Waals surface area contributed by atoms with Crippen LogP contribution in [0.15, 0.2) is 18.2 Å². The summed E-state index contributed by atoms with van der Waals surface area (Å²) in [6.45, 7) is 4.08. The molecule has 1 unspecified atom stereocenters. The number of hydrogen-bond acceptors (Lipinski definition) is 4. The smallest absolute Gasteiger partial charge is 0.225 e. The first kappa shape index (κ1) is 15.5. The molecule has 1 aromatic carbocycles. The number of nitrogens with zero attached hydrogens (tertiary/aromatic N) is 1. The number of nitrogens with one attached hydrogen (secondary N) is 1. The molecule has 1 atom stereocenters. The van der Waals surface area contributed by atoms with Crippen LogP contribution >= 0.6 is 23.4 Å². The molecule has 20 heavy (non-hydrogen) atoms. The average molecular weight is 314 g/mol. The second-order valence-electron chi connectivity index (χ2n) is 4.99. The minimum Gasteiger partial charge on any atom is -0.397 e. The molecule has 0 radical (unpaired) electrons. The predicted molar refractivity (Wildman–Crippen MR) is 87.5 cm³/mol. The Morgan fingerprint density at radius 2 is 2.40 bits per heavy atom. The number of thioether (sulfide) groups is 1. The number of benzene rings is 1. The summed E-state index contributed by atoms with van der Waals surface area (Å²) in [6.07, 6.45) is 0.498. The van der Waals surface area contributed by atoms with Gasteiger partial charge in [0.2, 0.25) is 5.91 Å². The number of carbonyl (C=O) groups excluding carboxylic acids is 1. The van der Waals surface area contributed by atoms with Crippen molar-refractivity contribution in [3.05, 3.63) is 23.2 Å². The van der Waals surface area contributed by atoms with E-state index in [1.165, 1.54) is 0 Å². The Morgan fingerprint density at radius 3 is 3.10 bits per heavy atom. The Bertz CT molecular complexity index is 483. The van der Waals surface area contributed by atoms with Crippen molar-refractivity contribution in [3.8, 4) is 0 Å². The fourth-order valence-electron chi connectivity index (χ4n) is 2.18. The molecule has 1 aliphatic heterocycles. The lowest BCUT2D eigenvalue weighted by Crippen LogP contribution is -2.41. The van der Waals surface area contributed by atoms with Crippen LogP contribution < -0.4 is 11.1 Å². The summed E-state index contributed by atoms with van der Waals surface area (Å²) in [4.78, 5) is 14.3. The maximum atomic E-state index is 11.9. The summed E-state index contributed by atoms with van der Waals surface area (Å²) >= 11 is 7.83. The van der Waals surface area contributed by atoms with E-state index in [-0.39, 0.29) is 5.91 Å². The lowest BCUT2D eigenvalue weighted by Gasteiger charge is -2.32. The Balaban J connectivity index is 1.81. The van der Waals surface area contributed by atoms with Crippen LogP contribution in [-0.2, 0) is 4.79 Å². The van der Waals surface area contributed by atoms with E-state index in [1.54, 1.807) is 18.2 Å². The SMILES string of the molecule is CC1CSCCN1CCC(=O)Nc1ccc(Cl)c(N)c1. The van der Waals surface area contributed by atoms with Crippen molar-refractivity contribution >= 4 is 40.6 Å². The van der Waals surface area contributed by atoms with Crippen LogP contribution in [0.4, 0.5) is 11.4 Å². The number of hydrogen-bond donors (Lipinski definition) is 2. The second-order valence-corrected chi connectivity index (χ2v) is 6.55. The van der Waals surface area contributed by atoms with Gasteiger partial charge in [0.05, 0.1) is 10.7 Å². The lowest BCUT2D eigenvalue weighted by molar-refractivity contribution is -0.116. The van der Waals surface area contributed by atoms with E-state index >= 15 is 0 Å². The van der Waals surface area contributed by atoms with Gasteiger partial charge in [0.25, 0.3) is 0 Å². The summed E-state index contributed by atoms with van der Waals surface area (Å²) in [6, 6.07) is 5.68. The Hall–Kier alpha value is -0.910. The van der Waals surface area contributed by atoms with Gasteiger partial charge in [-0.2, -0.15) is 11.8 Å². The molecule has 4 nitrogen and oxygen atoms in total. The number of nitrogens with two attached hydrogens (primary N) is 1. The molecule has 110 valence electrons. The van der Waals surface area contributed by atoms with Crippen LogP contribution in [-0.4, -0.2) is 41.4 Å². The minimum atomic E-state index is 0.0112. The van der Waals surface area contributed by atoms with Crippen molar-refractivity contribution in [1.82, 2.24) is 4.90 Å². The van der Waals surface area contributed by atoms with Gasteiger partial charge in [0.1, 0.15) is 0 Å². The standard InChI is InChI=1S/C14H20ClN3OS/c1-10-9-20-7-6-18(10)5-4-14(19)17-11-2-3-12(15)13(16)8-11/h2-3,8,10H,4-7,9,16H2,1H3,(H,17,19). The zero-order valence-corrected chi connectivity index (χ0v) is 13.1. The summed E-state index contributed by atoms with van der Waals surface area (Å²) in [5, 5.41) is 3.36. The first-order chi connectivity index (χ1) is 9.56. The fraction of sp³-hybridized carbons (Fsp3) is 0.500. The molecule has 0 spiro atoms. The monoisotopic (exact) mass is 313 g/mol. The van der Waals surface area contributed by atoms with E-state index in [4.69, 9.17) is 17.3 Å². The quantitative estimate of drug-likeness (QED) is 0.839. The highest BCUT2D eigenvalue weighted by molar-refractivity contribution is 7.99. The molecule has 1 aromatic rings. The van der Waals surface area contributed by atoms with Crippen LogP contribution in [0.1, 0.15) is 13.3 Å². The lowest BCUT2D eigenvalue weighted by atomic mass is 10.2. The topological polar surface area (TPSA) is 58.4 Å². The number of nitrogen functional groups attached to an aromatic ring is 1. The molecule has 1 fully saturated rings. The molecule has 0 bridgehead atoms. The van der Waals surface area contributed by atoms with Gasteiger partial charge in [-0.15, -0.1) is 0 Å². The molecule has 2 rings (SSSR count). The van der Waals surface area contributed by atoms with E-state index in [9.17, 15) is 4.79 Å². The molecule has 0 saturated carbocycles. The third kappa shape index (κ3) is 4.30. The van der Waals surface area contributed by atoms with Crippen molar-refractivity contribution in [2.75, 3.05) is 35.6 Å². The van der Waals surface area contributed by atoms with Gasteiger partial charge in [-0.25, -0.2) is 0 Å². The zero-order valence-electron chi connectivity index (χ0n) is 11.6. The largest absolute Gasteiger partial charge is 0.397 e. The van der Waals surface area contributed by atoms with E-state index in [0.717, 1.165) is 24.6 Å². The average Bonchev–Trinajstić information content (AvgIpc) is 2.42. The highest BCUT2D eigenvalue weighted by atomic mass is 35.5. The predicted octanol–water partition coefficient (Wildman–Crippen LogP) is 2.69. The zero-order chi connectivity index (χ0) is 14.5. The third-order valence-electron chi connectivity index (χ3n) is 3.41.